The lowest BCUT2D eigenvalue weighted by Gasteiger charge is -2.12. The molecule has 0 aliphatic heterocycles. The highest BCUT2D eigenvalue weighted by Crippen LogP contribution is 2.40. The zero-order chi connectivity index (χ0) is 27.2. The SMILES string of the molecule is N#CC(C#N)=C(C#N)c1ccc(-c2ccc(-c3ccc(C(C#N)=C(C#N)C#N)s3)n2-c2ccc(Cl)cc2)s1. The van der Waals surface area contributed by atoms with Crippen LogP contribution >= 0.6 is 34.3 Å². The van der Waals surface area contributed by atoms with E-state index in [-0.39, 0.29) is 22.3 Å². The van der Waals surface area contributed by atoms with E-state index in [2.05, 4.69) is 0 Å². The third-order valence-electron chi connectivity index (χ3n) is 5.35. The Balaban J connectivity index is 1.91. The number of aromatic nitrogens is 1. The van der Waals surface area contributed by atoms with Crippen LogP contribution in [0, 0.1) is 68.0 Å². The lowest BCUT2D eigenvalue weighted by molar-refractivity contribution is 1.10. The summed E-state index contributed by atoms with van der Waals surface area (Å²) in [5, 5.41) is 56.6. The molecule has 3 heterocycles. The Morgan fingerprint density at radius 3 is 1.34 bits per heavy atom. The molecule has 4 rings (SSSR count). The van der Waals surface area contributed by atoms with E-state index < -0.39 is 0 Å². The molecule has 176 valence electrons. The molecular weight excluding hydrogens is 534 g/mol. The molecule has 0 fully saturated rings. The van der Waals surface area contributed by atoms with Crippen LogP contribution in [-0.4, -0.2) is 4.57 Å². The van der Waals surface area contributed by atoms with Crippen molar-refractivity contribution < 1.29 is 0 Å². The molecule has 3 aromatic heterocycles. The number of benzene rings is 1. The summed E-state index contributed by atoms with van der Waals surface area (Å²) >= 11 is 8.67. The fourth-order valence-corrected chi connectivity index (χ4v) is 5.82. The van der Waals surface area contributed by atoms with Gasteiger partial charge in [-0.15, -0.1) is 22.7 Å². The molecule has 38 heavy (non-hydrogen) atoms. The summed E-state index contributed by atoms with van der Waals surface area (Å²) in [6, 6.07) is 29.1. The Labute approximate surface area is 230 Å². The highest BCUT2D eigenvalue weighted by Gasteiger charge is 2.20. The van der Waals surface area contributed by atoms with Crippen LogP contribution in [0.1, 0.15) is 9.75 Å². The van der Waals surface area contributed by atoms with Gasteiger partial charge in [-0.25, -0.2) is 0 Å². The molecule has 10 heteroatoms. The van der Waals surface area contributed by atoms with E-state index in [1.54, 1.807) is 48.5 Å². The van der Waals surface area contributed by atoms with Gasteiger partial charge >= 0.3 is 0 Å². The molecule has 0 atom stereocenters. The van der Waals surface area contributed by atoms with Gasteiger partial charge in [-0.3, -0.25) is 0 Å². The molecule has 0 N–H and O–H groups in total. The largest absolute Gasteiger partial charge is 0.308 e. The number of nitriles is 6. The first-order valence-corrected chi connectivity index (χ1v) is 12.6. The molecule has 4 aromatic rings. The number of rotatable bonds is 5. The van der Waals surface area contributed by atoms with Gasteiger partial charge in [0.25, 0.3) is 0 Å². The van der Waals surface area contributed by atoms with Crippen LogP contribution in [-0.2, 0) is 0 Å². The second-order valence-electron chi connectivity index (χ2n) is 7.41. The van der Waals surface area contributed by atoms with Crippen molar-refractivity contribution in [3.63, 3.8) is 0 Å². The van der Waals surface area contributed by atoms with Crippen molar-refractivity contribution >= 4 is 45.4 Å². The third-order valence-corrected chi connectivity index (χ3v) is 7.85. The summed E-state index contributed by atoms with van der Waals surface area (Å²) in [5.74, 6) is 0. The molecule has 0 aliphatic carbocycles. The quantitative estimate of drug-likeness (QED) is 0.242. The van der Waals surface area contributed by atoms with Crippen molar-refractivity contribution in [3.8, 4) is 63.2 Å². The van der Waals surface area contributed by atoms with Crippen molar-refractivity contribution in [1.29, 1.82) is 31.6 Å². The van der Waals surface area contributed by atoms with E-state index in [0.717, 1.165) is 26.8 Å². The van der Waals surface area contributed by atoms with E-state index in [9.17, 15) is 31.6 Å². The summed E-state index contributed by atoms with van der Waals surface area (Å²) in [4.78, 5) is 2.56. The minimum absolute atomic E-state index is 0.0144. The van der Waals surface area contributed by atoms with Crippen LogP contribution in [0.4, 0.5) is 0 Å². The Kier molecular flexibility index (Phi) is 7.52. The van der Waals surface area contributed by atoms with Gasteiger partial charge in [-0.05, 0) is 60.7 Å². The number of nitrogens with zero attached hydrogens (tertiary/aromatic N) is 7. The summed E-state index contributed by atoms with van der Waals surface area (Å²) in [6.45, 7) is 0. The van der Waals surface area contributed by atoms with Gasteiger partial charge in [0.2, 0.25) is 0 Å². The van der Waals surface area contributed by atoms with Gasteiger partial charge in [0, 0.05) is 20.5 Å². The van der Waals surface area contributed by atoms with Crippen molar-refractivity contribution in [2.75, 3.05) is 0 Å². The van der Waals surface area contributed by atoms with E-state index >= 15 is 0 Å². The maximum absolute atomic E-state index is 9.56. The topological polar surface area (TPSA) is 148 Å². The maximum Gasteiger partial charge on any atom is 0.148 e. The first-order chi connectivity index (χ1) is 18.5. The lowest BCUT2D eigenvalue weighted by atomic mass is 10.1. The summed E-state index contributed by atoms with van der Waals surface area (Å²) in [6.07, 6.45) is 0. The predicted molar refractivity (Wildman–Crippen MR) is 145 cm³/mol. The van der Waals surface area contributed by atoms with Crippen LogP contribution in [0.2, 0.25) is 5.02 Å². The van der Waals surface area contributed by atoms with Crippen molar-refractivity contribution in [1.82, 2.24) is 4.57 Å². The Morgan fingerprint density at radius 1 is 0.553 bits per heavy atom. The average molecular weight is 544 g/mol. The highest BCUT2D eigenvalue weighted by atomic mass is 35.5. The standard InChI is InChI=1S/C28H10ClN7S2/c29-19-1-3-20(4-2-19)36-23(27-9-7-25(37-27)21(15-34)17(11-30)12-31)5-6-24(36)28-10-8-26(38-28)22(16-35)18(13-32)14-33/h1-10H. The van der Waals surface area contributed by atoms with Crippen LogP contribution in [0.25, 0.3) is 38.0 Å². The van der Waals surface area contributed by atoms with Gasteiger partial charge in [0.1, 0.15) is 47.6 Å². The molecule has 0 radical (unpaired) electrons. The molecule has 7 nitrogen and oxygen atoms in total. The molecule has 0 spiro atoms. The van der Waals surface area contributed by atoms with Gasteiger partial charge in [-0.1, -0.05) is 11.6 Å². The fourth-order valence-electron chi connectivity index (χ4n) is 3.65. The van der Waals surface area contributed by atoms with Crippen LogP contribution < -0.4 is 0 Å². The normalized spacial score (nSPS) is 9.55. The summed E-state index contributed by atoms with van der Waals surface area (Å²) in [5.41, 5.74) is 1.89. The number of halogens is 1. The van der Waals surface area contributed by atoms with Crippen LogP contribution in [0.15, 0.2) is 71.8 Å². The van der Waals surface area contributed by atoms with Crippen LogP contribution in [0.3, 0.4) is 0 Å². The number of hydrogen-bond acceptors (Lipinski definition) is 8. The van der Waals surface area contributed by atoms with Gasteiger partial charge in [-0.2, -0.15) is 31.6 Å². The molecule has 0 saturated carbocycles. The van der Waals surface area contributed by atoms with Gasteiger partial charge < -0.3 is 4.57 Å². The third kappa shape index (κ3) is 4.69. The second-order valence-corrected chi connectivity index (χ2v) is 10.0. The zero-order valence-corrected chi connectivity index (χ0v) is 21.5. The van der Waals surface area contributed by atoms with E-state index in [1.165, 1.54) is 22.7 Å². The number of allylic oxidation sites excluding steroid dienone is 4. The zero-order valence-electron chi connectivity index (χ0n) is 19.1. The molecule has 0 unspecified atom stereocenters. The molecule has 0 bridgehead atoms. The molecular formula is C28H10ClN7S2. The average Bonchev–Trinajstić information content (AvgIpc) is 3.70. The predicted octanol–water partition coefficient (Wildman–Crippen LogP) is 7.24. The number of thiophene rings is 2. The van der Waals surface area contributed by atoms with Gasteiger partial charge in [0.05, 0.1) is 32.3 Å². The molecule has 0 amide bonds. The fraction of sp³-hybridized carbons (Fsp3) is 0. The molecule has 0 aliphatic rings. The Morgan fingerprint density at radius 2 is 0.974 bits per heavy atom. The van der Waals surface area contributed by atoms with Crippen molar-refractivity contribution in [2.24, 2.45) is 0 Å². The minimum atomic E-state index is -0.253. The Hall–Kier alpha value is -5.39. The first kappa shape index (κ1) is 25.7. The highest BCUT2D eigenvalue weighted by molar-refractivity contribution is 7.17. The maximum atomic E-state index is 9.56. The Bertz CT molecular complexity index is 1740. The lowest BCUT2D eigenvalue weighted by Crippen LogP contribution is -1.97. The monoisotopic (exact) mass is 543 g/mol. The minimum Gasteiger partial charge on any atom is -0.308 e. The smallest absolute Gasteiger partial charge is 0.148 e. The summed E-state index contributed by atoms with van der Waals surface area (Å²) in [7, 11) is 0. The second kappa shape index (κ2) is 11.1. The van der Waals surface area contributed by atoms with Gasteiger partial charge in [0.15, 0.2) is 0 Å². The molecule has 1 aromatic carbocycles. The number of hydrogen-bond donors (Lipinski definition) is 0. The van der Waals surface area contributed by atoms with Crippen molar-refractivity contribution in [2.45, 2.75) is 0 Å². The summed E-state index contributed by atoms with van der Waals surface area (Å²) < 4.78 is 1.98. The van der Waals surface area contributed by atoms with Crippen molar-refractivity contribution in [3.05, 3.63) is 86.6 Å². The van der Waals surface area contributed by atoms with E-state index in [4.69, 9.17) is 11.6 Å². The molecule has 0 saturated heterocycles. The first-order valence-electron chi connectivity index (χ1n) is 10.6. The van der Waals surface area contributed by atoms with E-state index in [1.807, 2.05) is 53.1 Å². The van der Waals surface area contributed by atoms with Crippen LogP contribution in [0.5, 0.6) is 0 Å². The van der Waals surface area contributed by atoms with E-state index in [0.29, 0.717) is 14.8 Å².